The van der Waals surface area contributed by atoms with Gasteiger partial charge >= 0.3 is 0 Å². The Labute approximate surface area is 96.6 Å². The van der Waals surface area contributed by atoms with E-state index in [9.17, 15) is 14.7 Å². The van der Waals surface area contributed by atoms with Gasteiger partial charge in [0.25, 0.3) is 5.91 Å². The molecular weight excluding hydrogens is 226 g/mol. The van der Waals surface area contributed by atoms with Crippen LogP contribution in [-0.2, 0) is 4.79 Å². The monoisotopic (exact) mass is 239 g/mol. The topological polar surface area (TPSA) is 138 Å². The van der Waals surface area contributed by atoms with E-state index in [-0.39, 0.29) is 24.3 Å². The molecule has 1 saturated heterocycles. The van der Waals surface area contributed by atoms with Gasteiger partial charge in [-0.15, -0.1) is 0 Å². The molecule has 0 spiro atoms. The Hall–Kier alpha value is -2.09. The van der Waals surface area contributed by atoms with Crippen LogP contribution in [0.4, 0.5) is 5.69 Å². The zero-order valence-corrected chi connectivity index (χ0v) is 8.96. The summed E-state index contributed by atoms with van der Waals surface area (Å²) in [5, 5.41) is 15.6. The standard InChI is InChI=1S/C9H13N5O3/c10-5-2-12-13-7(5)9(17)14-3-4(15)1-6(14)8(11)16/h2,4,6,15H,1,3,10H2,(H2,11,16)(H,12,13). The molecule has 1 aromatic rings. The molecule has 1 aliphatic rings. The molecule has 1 aromatic heterocycles. The summed E-state index contributed by atoms with van der Waals surface area (Å²) in [6.45, 7) is 0.0604. The number of rotatable bonds is 2. The van der Waals surface area contributed by atoms with Crippen molar-refractivity contribution in [2.24, 2.45) is 5.73 Å². The largest absolute Gasteiger partial charge is 0.396 e. The number of likely N-dealkylation sites (tertiary alicyclic amines) is 1. The zero-order valence-electron chi connectivity index (χ0n) is 8.96. The molecular formula is C9H13N5O3. The number of carbonyl (C=O) groups is 2. The first-order valence-electron chi connectivity index (χ1n) is 5.08. The number of amides is 2. The molecule has 1 aliphatic heterocycles. The number of nitrogens with one attached hydrogen (secondary N) is 1. The summed E-state index contributed by atoms with van der Waals surface area (Å²) in [5.41, 5.74) is 11.0. The van der Waals surface area contributed by atoms with E-state index in [0.29, 0.717) is 0 Å². The second-order valence-electron chi connectivity index (χ2n) is 3.97. The average molecular weight is 239 g/mol. The molecule has 92 valence electrons. The number of primary amides is 1. The fourth-order valence-corrected chi connectivity index (χ4v) is 1.92. The Morgan fingerprint density at radius 2 is 2.29 bits per heavy atom. The Bertz CT molecular complexity index is 457. The number of H-pyrrole nitrogens is 1. The van der Waals surface area contributed by atoms with Crippen LogP contribution in [0.15, 0.2) is 6.20 Å². The van der Waals surface area contributed by atoms with Gasteiger partial charge in [-0.05, 0) is 0 Å². The van der Waals surface area contributed by atoms with Crippen molar-refractivity contribution in [3.63, 3.8) is 0 Å². The Morgan fingerprint density at radius 3 is 2.82 bits per heavy atom. The van der Waals surface area contributed by atoms with Crippen LogP contribution in [0.2, 0.25) is 0 Å². The minimum Gasteiger partial charge on any atom is -0.396 e. The third-order valence-corrected chi connectivity index (χ3v) is 2.75. The summed E-state index contributed by atoms with van der Waals surface area (Å²) in [4.78, 5) is 24.4. The first-order valence-corrected chi connectivity index (χ1v) is 5.08. The van der Waals surface area contributed by atoms with Crippen LogP contribution in [0.5, 0.6) is 0 Å². The third-order valence-electron chi connectivity index (χ3n) is 2.75. The number of carbonyl (C=O) groups excluding carboxylic acids is 2. The van der Waals surface area contributed by atoms with Crippen molar-refractivity contribution in [3.05, 3.63) is 11.9 Å². The summed E-state index contributed by atoms with van der Waals surface area (Å²) in [6, 6.07) is -0.805. The van der Waals surface area contributed by atoms with Crippen molar-refractivity contribution in [1.82, 2.24) is 15.1 Å². The van der Waals surface area contributed by atoms with Gasteiger partial charge in [0, 0.05) is 13.0 Å². The van der Waals surface area contributed by atoms with E-state index in [0.717, 1.165) is 0 Å². The van der Waals surface area contributed by atoms with Gasteiger partial charge in [-0.3, -0.25) is 14.7 Å². The highest BCUT2D eigenvalue weighted by Crippen LogP contribution is 2.21. The second-order valence-corrected chi connectivity index (χ2v) is 3.97. The molecule has 8 nitrogen and oxygen atoms in total. The number of aromatic amines is 1. The maximum absolute atomic E-state index is 12.0. The number of nitrogens with zero attached hydrogens (tertiary/aromatic N) is 2. The lowest BCUT2D eigenvalue weighted by Gasteiger charge is -2.21. The molecule has 0 saturated carbocycles. The zero-order chi connectivity index (χ0) is 12.6. The van der Waals surface area contributed by atoms with Crippen LogP contribution in [0, 0.1) is 0 Å². The van der Waals surface area contributed by atoms with E-state index in [4.69, 9.17) is 11.5 Å². The smallest absolute Gasteiger partial charge is 0.274 e. The summed E-state index contributed by atoms with van der Waals surface area (Å²) in [6.07, 6.45) is 0.703. The van der Waals surface area contributed by atoms with Crippen LogP contribution in [0.1, 0.15) is 16.9 Å². The summed E-state index contributed by atoms with van der Waals surface area (Å²) in [5.74, 6) is -1.13. The number of aliphatic hydroxyl groups excluding tert-OH is 1. The number of aromatic nitrogens is 2. The summed E-state index contributed by atoms with van der Waals surface area (Å²) < 4.78 is 0. The van der Waals surface area contributed by atoms with Crippen LogP contribution >= 0.6 is 0 Å². The van der Waals surface area contributed by atoms with Crippen molar-refractivity contribution in [1.29, 1.82) is 0 Å². The number of anilines is 1. The van der Waals surface area contributed by atoms with E-state index >= 15 is 0 Å². The second kappa shape index (κ2) is 4.06. The van der Waals surface area contributed by atoms with Crippen LogP contribution < -0.4 is 11.5 Å². The molecule has 2 atom stereocenters. The van der Waals surface area contributed by atoms with E-state index in [2.05, 4.69) is 10.2 Å². The number of nitrogen functional groups attached to an aromatic ring is 1. The molecule has 0 aromatic carbocycles. The molecule has 2 heterocycles. The SMILES string of the molecule is NC(=O)C1CC(O)CN1C(=O)c1[nH]ncc1N. The molecule has 6 N–H and O–H groups in total. The minimum atomic E-state index is -0.805. The van der Waals surface area contributed by atoms with Crippen molar-refractivity contribution in [2.75, 3.05) is 12.3 Å². The van der Waals surface area contributed by atoms with Crippen molar-refractivity contribution in [2.45, 2.75) is 18.6 Å². The lowest BCUT2D eigenvalue weighted by Crippen LogP contribution is -2.44. The highest BCUT2D eigenvalue weighted by atomic mass is 16.3. The number of aliphatic hydroxyl groups is 1. The lowest BCUT2D eigenvalue weighted by molar-refractivity contribution is -0.121. The van der Waals surface area contributed by atoms with Gasteiger partial charge < -0.3 is 21.5 Å². The van der Waals surface area contributed by atoms with Crippen molar-refractivity contribution < 1.29 is 14.7 Å². The van der Waals surface area contributed by atoms with Gasteiger partial charge in [-0.25, -0.2) is 0 Å². The maximum atomic E-state index is 12.0. The third kappa shape index (κ3) is 1.94. The van der Waals surface area contributed by atoms with Gasteiger partial charge in [0.15, 0.2) is 0 Å². The predicted molar refractivity (Wildman–Crippen MR) is 57.6 cm³/mol. The van der Waals surface area contributed by atoms with Crippen molar-refractivity contribution in [3.8, 4) is 0 Å². The first-order chi connectivity index (χ1) is 8.00. The normalized spacial score (nSPS) is 23.9. The van der Waals surface area contributed by atoms with Crippen LogP contribution in [0.3, 0.4) is 0 Å². The predicted octanol–water partition coefficient (Wildman–Crippen LogP) is -1.95. The molecule has 2 rings (SSSR count). The first kappa shape index (κ1) is 11.4. The van der Waals surface area contributed by atoms with Gasteiger partial charge in [-0.1, -0.05) is 0 Å². The fourth-order valence-electron chi connectivity index (χ4n) is 1.92. The highest BCUT2D eigenvalue weighted by Gasteiger charge is 2.39. The number of nitrogens with two attached hydrogens (primary N) is 2. The Morgan fingerprint density at radius 1 is 1.59 bits per heavy atom. The Kier molecular flexibility index (Phi) is 2.72. The molecule has 2 amide bonds. The van der Waals surface area contributed by atoms with Gasteiger partial charge in [-0.2, -0.15) is 5.10 Å². The van der Waals surface area contributed by atoms with E-state index in [1.165, 1.54) is 11.1 Å². The average Bonchev–Trinajstić information content (AvgIpc) is 2.83. The minimum absolute atomic E-state index is 0.0604. The highest BCUT2D eigenvalue weighted by molar-refractivity contribution is 5.99. The number of hydrogen-bond donors (Lipinski definition) is 4. The lowest BCUT2D eigenvalue weighted by atomic mass is 10.2. The van der Waals surface area contributed by atoms with Crippen LogP contribution in [-0.4, -0.2) is 50.7 Å². The molecule has 8 heteroatoms. The molecule has 2 unspecified atom stereocenters. The number of β-amino-alcohol motifs (C(OH)–C–C–N with tert-alkyl or cyclic N) is 1. The molecule has 0 bridgehead atoms. The quantitative estimate of drug-likeness (QED) is 0.475. The van der Waals surface area contributed by atoms with E-state index < -0.39 is 24.0 Å². The number of hydrogen-bond acceptors (Lipinski definition) is 5. The Balaban J connectivity index is 2.25. The molecule has 0 aliphatic carbocycles. The summed E-state index contributed by atoms with van der Waals surface area (Å²) >= 11 is 0. The van der Waals surface area contributed by atoms with E-state index in [1.807, 2.05) is 0 Å². The van der Waals surface area contributed by atoms with E-state index in [1.54, 1.807) is 0 Å². The van der Waals surface area contributed by atoms with Crippen LogP contribution in [0.25, 0.3) is 0 Å². The van der Waals surface area contributed by atoms with Crippen molar-refractivity contribution >= 4 is 17.5 Å². The van der Waals surface area contributed by atoms with Gasteiger partial charge in [0.1, 0.15) is 11.7 Å². The van der Waals surface area contributed by atoms with Gasteiger partial charge in [0.05, 0.1) is 18.0 Å². The molecule has 17 heavy (non-hydrogen) atoms. The summed E-state index contributed by atoms with van der Waals surface area (Å²) in [7, 11) is 0. The molecule has 0 radical (unpaired) electrons. The maximum Gasteiger partial charge on any atom is 0.274 e. The van der Waals surface area contributed by atoms with Gasteiger partial charge in [0.2, 0.25) is 5.91 Å². The molecule has 1 fully saturated rings. The fraction of sp³-hybridized carbons (Fsp3) is 0.444.